The molecule has 0 spiro atoms. The molecule has 0 bridgehead atoms. The lowest BCUT2D eigenvalue weighted by atomic mass is 9.81. The Morgan fingerprint density at radius 1 is 0.810 bits per heavy atom. The van der Waals surface area contributed by atoms with Gasteiger partial charge in [-0.15, -0.1) is 0 Å². The molecular formula is C20H15Br. The Morgan fingerprint density at radius 2 is 1.52 bits per heavy atom. The maximum atomic E-state index is 3.71. The zero-order valence-electron chi connectivity index (χ0n) is 11.6. The summed E-state index contributed by atoms with van der Waals surface area (Å²) in [4.78, 5) is 0. The summed E-state index contributed by atoms with van der Waals surface area (Å²) < 4.78 is 1.20. The third-order valence-electron chi connectivity index (χ3n) is 4.28. The molecule has 0 N–H and O–H groups in total. The minimum absolute atomic E-state index is 0.435. The molecular weight excluding hydrogens is 320 g/mol. The van der Waals surface area contributed by atoms with E-state index >= 15 is 0 Å². The fourth-order valence-corrected chi connectivity index (χ4v) is 3.79. The number of benzene rings is 3. The van der Waals surface area contributed by atoms with Gasteiger partial charge in [0.2, 0.25) is 0 Å². The van der Waals surface area contributed by atoms with Crippen molar-refractivity contribution < 1.29 is 0 Å². The molecule has 1 aliphatic carbocycles. The Morgan fingerprint density at radius 3 is 2.33 bits per heavy atom. The molecule has 1 unspecified atom stereocenters. The van der Waals surface area contributed by atoms with Crippen molar-refractivity contribution >= 4 is 32.8 Å². The molecule has 102 valence electrons. The molecule has 4 rings (SSSR count). The fraction of sp³-hybridized carbons (Fsp3) is 0.100. The Balaban J connectivity index is 1.93. The zero-order valence-corrected chi connectivity index (χ0v) is 13.2. The second kappa shape index (κ2) is 5.16. The molecule has 21 heavy (non-hydrogen) atoms. The summed E-state index contributed by atoms with van der Waals surface area (Å²) in [5, 5.41) is 2.64. The first-order valence-electron chi connectivity index (χ1n) is 7.26. The highest BCUT2D eigenvalue weighted by Crippen LogP contribution is 2.39. The van der Waals surface area contributed by atoms with Gasteiger partial charge >= 0.3 is 0 Å². The van der Waals surface area contributed by atoms with E-state index in [2.05, 4.69) is 88.7 Å². The van der Waals surface area contributed by atoms with E-state index in [1.165, 1.54) is 31.9 Å². The number of hydrogen-bond acceptors (Lipinski definition) is 0. The van der Waals surface area contributed by atoms with Crippen LogP contribution in [0.4, 0.5) is 0 Å². The van der Waals surface area contributed by atoms with E-state index < -0.39 is 0 Å². The second-order valence-electron chi connectivity index (χ2n) is 5.54. The van der Waals surface area contributed by atoms with Crippen molar-refractivity contribution in [3.05, 3.63) is 87.9 Å². The predicted molar refractivity (Wildman–Crippen MR) is 93.6 cm³/mol. The van der Waals surface area contributed by atoms with Gasteiger partial charge in [0.05, 0.1) is 0 Å². The molecule has 0 radical (unpaired) electrons. The van der Waals surface area contributed by atoms with Crippen LogP contribution in [-0.4, -0.2) is 0 Å². The highest BCUT2D eigenvalue weighted by Gasteiger charge is 2.21. The van der Waals surface area contributed by atoms with E-state index in [9.17, 15) is 0 Å². The lowest BCUT2D eigenvalue weighted by molar-refractivity contribution is 0.816. The van der Waals surface area contributed by atoms with E-state index in [4.69, 9.17) is 0 Å². The first-order chi connectivity index (χ1) is 10.3. The fourth-order valence-electron chi connectivity index (χ4n) is 3.23. The van der Waals surface area contributed by atoms with Crippen molar-refractivity contribution in [2.45, 2.75) is 12.3 Å². The van der Waals surface area contributed by atoms with Crippen molar-refractivity contribution in [1.29, 1.82) is 0 Å². The van der Waals surface area contributed by atoms with Gasteiger partial charge in [-0.3, -0.25) is 0 Å². The van der Waals surface area contributed by atoms with Crippen LogP contribution in [-0.2, 0) is 0 Å². The third kappa shape index (κ3) is 2.22. The molecule has 0 saturated heterocycles. The number of halogens is 1. The summed E-state index contributed by atoms with van der Waals surface area (Å²) in [6.07, 6.45) is 5.62. The molecule has 1 heteroatoms. The van der Waals surface area contributed by atoms with Gasteiger partial charge in [0.25, 0.3) is 0 Å². The Bertz CT molecular complexity index is 845. The van der Waals surface area contributed by atoms with Crippen molar-refractivity contribution in [3.63, 3.8) is 0 Å². The normalized spacial score (nSPS) is 16.9. The van der Waals surface area contributed by atoms with Crippen LogP contribution in [0.15, 0.2) is 71.2 Å². The van der Waals surface area contributed by atoms with Gasteiger partial charge in [-0.05, 0) is 52.1 Å². The van der Waals surface area contributed by atoms with Crippen LogP contribution in [0.25, 0.3) is 16.8 Å². The third-order valence-corrected chi connectivity index (χ3v) is 5.00. The SMILES string of the molecule is Brc1ccccc1C1CC=Cc2cc3ccccc3cc21. The van der Waals surface area contributed by atoms with Crippen LogP contribution < -0.4 is 0 Å². The van der Waals surface area contributed by atoms with Gasteiger partial charge in [0, 0.05) is 10.4 Å². The van der Waals surface area contributed by atoms with E-state index in [-0.39, 0.29) is 0 Å². The van der Waals surface area contributed by atoms with Crippen molar-refractivity contribution in [1.82, 2.24) is 0 Å². The quantitative estimate of drug-likeness (QED) is 0.500. The van der Waals surface area contributed by atoms with E-state index in [1.807, 2.05) is 0 Å². The standard InChI is InChI=1S/C20H15Br/c21-20-11-4-3-9-18(20)17-10-5-8-16-12-14-6-1-2-7-15(14)13-19(16)17/h1-9,11-13,17H,10H2. The molecule has 0 saturated carbocycles. The van der Waals surface area contributed by atoms with Crippen LogP contribution in [0.5, 0.6) is 0 Å². The number of hydrogen-bond donors (Lipinski definition) is 0. The van der Waals surface area contributed by atoms with Gasteiger partial charge < -0.3 is 0 Å². The predicted octanol–water partition coefficient (Wildman–Crippen LogP) is 6.15. The summed E-state index contributed by atoms with van der Waals surface area (Å²) >= 11 is 3.71. The number of fused-ring (bicyclic) bond motifs is 2. The number of rotatable bonds is 1. The Labute approximate surface area is 133 Å². The Hall–Kier alpha value is -1.86. The number of allylic oxidation sites excluding steroid dienone is 1. The summed E-state index contributed by atoms with van der Waals surface area (Å²) in [5.41, 5.74) is 4.15. The van der Waals surface area contributed by atoms with E-state index in [0.29, 0.717) is 5.92 Å². The van der Waals surface area contributed by atoms with Gasteiger partial charge in [-0.2, -0.15) is 0 Å². The average Bonchev–Trinajstić information content (AvgIpc) is 2.53. The average molecular weight is 335 g/mol. The van der Waals surface area contributed by atoms with Crippen molar-refractivity contribution in [2.24, 2.45) is 0 Å². The van der Waals surface area contributed by atoms with Crippen molar-refractivity contribution in [2.75, 3.05) is 0 Å². The molecule has 0 aliphatic heterocycles. The maximum absolute atomic E-state index is 3.71. The smallest absolute Gasteiger partial charge is 0.0213 e. The molecule has 0 nitrogen and oxygen atoms in total. The van der Waals surface area contributed by atoms with Crippen LogP contribution in [0.1, 0.15) is 29.0 Å². The molecule has 0 aromatic heterocycles. The highest BCUT2D eigenvalue weighted by atomic mass is 79.9. The van der Waals surface area contributed by atoms with Crippen molar-refractivity contribution in [3.8, 4) is 0 Å². The van der Waals surface area contributed by atoms with Gasteiger partial charge in [-0.1, -0.05) is 70.5 Å². The second-order valence-corrected chi connectivity index (χ2v) is 6.39. The molecule has 3 aromatic rings. The van der Waals surface area contributed by atoms with Gasteiger partial charge in [0.1, 0.15) is 0 Å². The van der Waals surface area contributed by atoms with E-state index in [1.54, 1.807) is 0 Å². The molecule has 1 aliphatic rings. The summed E-state index contributed by atoms with van der Waals surface area (Å²) in [6.45, 7) is 0. The van der Waals surface area contributed by atoms with Crippen LogP contribution in [0, 0.1) is 0 Å². The first-order valence-corrected chi connectivity index (χ1v) is 8.06. The lowest BCUT2D eigenvalue weighted by Crippen LogP contribution is -2.06. The highest BCUT2D eigenvalue weighted by molar-refractivity contribution is 9.10. The molecule has 0 heterocycles. The largest absolute Gasteiger partial charge is 0.0830 e. The van der Waals surface area contributed by atoms with E-state index in [0.717, 1.165) is 6.42 Å². The molecule has 0 fully saturated rings. The van der Waals surface area contributed by atoms with Gasteiger partial charge in [-0.25, -0.2) is 0 Å². The summed E-state index contributed by atoms with van der Waals surface area (Å²) in [5.74, 6) is 0.435. The minimum atomic E-state index is 0.435. The summed E-state index contributed by atoms with van der Waals surface area (Å²) in [6, 6.07) is 21.8. The monoisotopic (exact) mass is 334 g/mol. The van der Waals surface area contributed by atoms with Crippen LogP contribution in [0.2, 0.25) is 0 Å². The van der Waals surface area contributed by atoms with Crippen LogP contribution >= 0.6 is 15.9 Å². The molecule has 0 amide bonds. The molecule has 1 atom stereocenters. The lowest BCUT2D eigenvalue weighted by Gasteiger charge is -2.24. The van der Waals surface area contributed by atoms with Gasteiger partial charge in [0.15, 0.2) is 0 Å². The first kappa shape index (κ1) is 12.8. The van der Waals surface area contributed by atoms with Crippen LogP contribution in [0.3, 0.4) is 0 Å². The minimum Gasteiger partial charge on any atom is -0.0830 e. The summed E-state index contributed by atoms with van der Waals surface area (Å²) in [7, 11) is 0. The molecule has 3 aromatic carbocycles. The topological polar surface area (TPSA) is 0 Å². The maximum Gasteiger partial charge on any atom is 0.0213 e. The zero-order chi connectivity index (χ0) is 14.2. The Kier molecular flexibility index (Phi) is 3.16.